The zero-order chi connectivity index (χ0) is 18.1. The Bertz CT molecular complexity index is 658. The summed E-state index contributed by atoms with van der Waals surface area (Å²) in [7, 11) is 1.65. The molecular weight excluding hydrogens is 354 g/mol. The lowest BCUT2D eigenvalue weighted by Crippen LogP contribution is -2.27. The average molecular weight is 378 g/mol. The minimum Gasteiger partial charge on any atom is -0.497 e. The lowest BCUT2D eigenvalue weighted by atomic mass is 10.0. The maximum atomic E-state index is 12.2. The number of carbonyl (C=O) groups excluding carboxylic acids is 1. The van der Waals surface area contributed by atoms with Gasteiger partial charge in [0.15, 0.2) is 0 Å². The third kappa shape index (κ3) is 6.63. The van der Waals surface area contributed by atoms with E-state index >= 15 is 0 Å². The van der Waals surface area contributed by atoms with Gasteiger partial charge in [-0.3, -0.25) is 4.79 Å². The molecule has 25 heavy (non-hydrogen) atoms. The van der Waals surface area contributed by atoms with Gasteiger partial charge in [0.2, 0.25) is 5.91 Å². The molecule has 2 aromatic carbocycles. The van der Waals surface area contributed by atoms with Crippen molar-refractivity contribution in [2.45, 2.75) is 37.1 Å². The fraction of sp³-hybridized carbons (Fsp3) is 0.350. The summed E-state index contributed by atoms with van der Waals surface area (Å²) in [5.74, 6) is 1.83. The number of rotatable bonds is 9. The van der Waals surface area contributed by atoms with Gasteiger partial charge in [0.25, 0.3) is 0 Å². The Morgan fingerprint density at radius 3 is 2.44 bits per heavy atom. The minimum absolute atomic E-state index is 0.0438. The van der Waals surface area contributed by atoms with Crippen LogP contribution in [0, 0.1) is 0 Å². The Labute approximate surface area is 159 Å². The lowest BCUT2D eigenvalue weighted by Gasteiger charge is -2.18. The average Bonchev–Trinajstić information content (AvgIpc) is 2.65. The molecule has 1 amide bonds. The summed E-state index contributed by atoms with van der Waals surface area (Å²) < 4.78 is 5.18. The second kappa shape index (κ2) is 10.4. The van der Waals surface area contributed by atoms with Gasteiger partial charge in [-0.1, -0.05) is 30.7 Å². The Morgan fingerprint density at radius 2 is 1.84 bits per heavy atom. The molecule has 0 aliphatic rings. The molecule has 0 saturated carbocycles. The van der Waals surface area contributed by atoms with Gasteiger partial charge in [-0.25, -0.2) is 0 Å². The highest BCUT2D eigenvalue weighted by atomic mass is 35.5. The van der Waals surface area contributed by atoms with E-state index in [1.54, 1.807) is 18.9 Å². The zero-order valence-corrected chi connectivity index (χ0v) is 16.2. The quantitative estimate of drug-likeness (QED) is 0.464. The van der Waals surface area contributed by atoms with Crippen molar-refractivity contribution >= 4 is 29.3 Å². The van der Waals surface area contributed by atoms with Gasteiger partial charge >= 0.3 is 0 Å². The first-order valence-corrected chi connectivity index (χ1v) is 9.80. The summed E-state index contributed by atoms with van der Waals surface area (Å²) in [4.78, 5) is 13.4. The van der Waals surface area contributed by atoms with E-state index in [2.05, 4.69) is 12.2 Å². The molecule has 3 nitrogen and oxygen atoms in total. The smallest absolute Gasteiger partial charge is 0.220 e. The van der Waals surface area contributed by atoms with E-state index in [0.717, 1.165) is 34.9 Å². The van der Waals surface area contributed by atoms with Crippen LogP contribution in [0.1, 0.15) is 37.8 Å². The van der Waals surface area contributed by atoms with Crippen molar-refractivity contribution < 1.29 is 9.53 Å². The molecule has 0 fully saturated rings. The van der Waals surface area contributed by atoms with Gasteiger partial charge < -0.3 is 10.1 Å². The number of ether oxygens (including phenoxy) is 1. The van der Waals surface area contributed by atoms with E-state index in [4.69, 9.17) is 16.3 Å². The fourth-order valence-electron chi connectivity index (χ4n) is 2.48. The number of hydrogen-bond donors (Lipinski definition) is 1. The van der Waals surface area contributed by atoms with E-state index in [0.29, 0.717) is 6.42 Å². The van der Waals surface area contributed by atoms with Crippen molar-refractivity contribution in [1.82, 2.24) is 5.32 Å². The molecule has 0 bridgehead atoms. The molecule has 0 aliphatic carbocycles. The topological polar surface area (TPSA) is 38.3 Å². The van der Waals surface area contributed by atoms with Crippen molar-refractivity contribution in [3.63, 3.8) is 0 Å². The number of nitrogens with one attached hydrogen (secondary N) is 1. The number of amides is 1. The van der Waals surface area contributed by atoms with Crippen molar-refractivity contribution in [3.8, 4) is 5.75 Å². The van der Waals surface area contributed by atoms with Crippen molar-refractivity contribution in [2.24, 2.45) is 0 Å². The first-order valence-electron chi connectivity index (χ1n) is 8.44. The Kier molecular flexibility index (Phi) is 8.16. The molecule has 2 aromatic rings. The molecule has 2 rings (SSSR count). The summed E-state index contributed by atoms with van der Waals surface area (Å²) in [5, 5.41) is 3.86. The highest BCUT2D eigenvalue weighted by Crippen LogP contribution is 2.22. The summed E-state index contributed by atoms with van der Waals surface area (Å²) in [5.41, 5.74) is 1.10. The van der Waals surface area contributed by atoms with Crippen LogP contribution in [-0.4, -0.2) is 18.8 Å². The van der Waals surface area contributed by atoms with Crippen molar-refractivity contribution in [2.75, 3.05) is 12.9 Å². The van der Waals surface area contributed by atoms with E-state index < -0.39 is 0 Å². The molecule has 5 heteroatoms. The van der Waals surface area contributed by atoms with E-state index in [1.807, 2.05) is 48.5 Å². The van der Waals surface area contributed by atoms with Crippen LogP contribution in [0.15, 0.2) is 53.4 Å². The molecule has 0 aliphatic heterocycles. The van der Waals surface area contributed by atoms with Crippen molar-refractivity contribution in [1.29, 1.82) is 0 Å². The van der Waals surface area contributed by atoms with Crippen LogP contribution in [0.25, 0.3) is 0 Å². The third-order valence-corrected chi connectivity index (χ3v) is 5.24. The maximum absolute atomic E-state index is 12.2. The predicted molar refractivity (Wildman–Crippen MR) is 106 cm³/mol. The van der Waals surface area contributed by atoms with E-state index in [1.165, 1.54) is 4.90 Å². The summed E-state index contributed by atoms with van der Waals surface area (Å²) in [6.07, 6.45) is 2.24. The van der Waals surface area contributed by atoms with Crippen LogP contribution >= 0.6 is 23.4 Å². The van der Waals surface area contributed by atoms with Crippen LogP contribution in [0.3, 0.4) is 0 Å². The van der Waals surface area contributed by atoms with Crippen LogP contribution < -0.4 is 10.1 Å². The zero-order valence-electron chi connectivity index (χ0n) is 14.6. The molecule has 134 valence electrons. The maximum Gasteiger partial charge on any atom is 0.220 e. The number of benzene rings is 2. The molecule has 0 radical (unpaired) electrons. The monoisotopic (exact) mass is 377 g/mol. The Morgan fingerprint density at radius 1 is 1.16 bits per heavy atom. The van der Waals surface area contributed by atoms with Gasteiger partial charge in [0.1, 0.15) is 5.75 Å². The third-order valence-electron chi connectivity index (χ3n) is 3.89. The van der Waals surface area contributed by atoms with Gasteiger partial charge in [-0.05, 0) is 60.6 Å². The number of halogens is 1. The van der Waals surface area contributed by atoms with Gasteiger partial charge in [-0.2, -0.15) is 0 Å². The molecular formula is C20H24ClNO2S. The highest BCUT2D eigenvalue weighted by Gasteiger charge is 2.12. The second-order valence-corrected chi connectivity index (χ2v) is 7.31. The highest BCUT2D eigenvalue weighted by molar-refractivity contribution is 7.99. The molecule has 1 atom stereocenters. The molecule has 0 aromatic heterocycles. The van der Waals surface area contributed by atoms with E-state index in [-0.39, 0.29) is 11.9 Å². The number of hydrogen-bond acceptors (Lipinski definition) is 3. The van der Waals surface area contributed by atoms with Crippen LogP contribution in [0.5, 0.6) is 5.75 Å². The Hall–Kier alpha value is -1.65. The summed E-state index contributed by atoms with van der Waals surface area (Å²) in [6, 6.07) is 15.7. The standard InChI is InChI=1S/C20H24ClNO2S/c1-3-19(15-6-10-17(24-2)11-7-15)22-20(23)5-4-14-25-18-12-8-16(21)9-13-18/h6-13,19H,3-5,14H2,1-2H3,(H,22,23). The fourth-order valence-corrected chi connectivity index (χ4v) is 3.46. The normalized spacial score (nSPS) is 11.8. The lowest BCUT2D eigenvalue weighted by molar-refractivity contribution is -0.121. The Balaban J connectivity index is 1.74. The number of methoxy groups -OCH3 is 1. The molecule has 0 saturated heterocycles. The first-order chi connectivity index (χ1) is 12.1. The summed E-state index contributed by atoms with van der Waals surface area (Å²) >= 11 is 7.62. The largest absolute Gasteiger partial charge is 0.497 e. The van der Waals surface area contributed by atoms with Crippen LogP contribution in [0.4, 0.5) is 0 Å². The van der Waals surface area contributed by atoms with Gasteiger partial charge in [0.05, 0.1) is 13.2 Å². The van der Waals surface area contributed by atoms with E-state index in [9.17, 15) is 4.79 Å². The first kappa shape index (κ1) is 19.7. The van der Waals surface area contributed by atoms with Crippen molar-refractivity contribution in [3.05, 3.63) is 59.1 Å². The minimum atomic E-state index is 0.0438. The SMILES string of the molecule is CCC(NC(=O)CCCSc1ccc(Cl)cc1)c1ccc(OC)cc1. The predicted octanol–water partition coefficient (Wildman–Crippen LogP) is 5.49. The molecule has 1 N–H and O–H groups in total. The molecule has 0 spiro atoms. The number of thioether (sulfide) groups is 1. The summed E-state index contributed by atoms with van der Waals surface area (Å²) in [6.45, 7) is 2.07. The second-order valence-electron chi connectivity index (χ2n) is 5.71. The molecule has 1 unspecified atom stereocenters. The molecule has 0 heterocycles. The van der Waals surface area contributed by atoms with Gasteiger partial charge in [-0.15, -0.1) is 11.8 Å². The van der Waals surface area contributed by atoms with Crippen LogP contribution in [0.2, 0.25) is 5.02 Å². The van der Waals surface area contributed by atoms with Crippen LogP contribution in [-0.2, 0) is 4.79 Å². The van der Waals surface area contributed by atoms with Gasteiger partial charge in [0, 0.05) is 16.3 Å². The number of carbonyl (C=O) groups is 1.